The molecule has 0 aliphatic rings. The van der Waals surface area contributed by atoms with Gasteiger partial charge in [-0.2, -0.15) is 8.78 Å². The summed E-state index contributed by atoms with van der Waals surface area (Å²) >= 11 is 0. The van der Waals surface area contributed by atoms with Gasteiger partial charge in [-0.1, -0.05) is 0 Å². The third-order valence-corrected chi connectivity index (χ3v) is 2.22. The molecule has 0 atom stereocenters. The van der Waals surface area contributed by atoms with Gasteiger partial charge in [0.15, 0.2) is 0 Å². The van der Waals surface area contributed by atoms with Crippen LogP contribution in [0, 0.1) is 6.92 Å². The Bertz CT molecular complexity index is 495. The minimum Gasteiger partial charge on any atom is -0.478 e. The molecule has 0 heterocycles. The predicted octanol–water partition coefficient (Wildman–Crippen LogP) is 2.51. The van der Waals surface area contributed by atoms with Crippen LogP contribution in [0.4, 0.5) is 8.78 Å². The van der Waals surface area contributed by atoms with Gasteiger partial charge in [0, 0.05) is 11.6 Å². The smallest absolute Gasteiger partial charge is 0.387 e. The van der Waals surface area contributed by atoms with E-state index in [-0.39, 0.29) is 11.3 Å². The summed E-state index contributed by atoms with van der Waals surface area (Å²) in [6.45, 7) is -1.43. The van der Waals surface area contributed by atoms with E-state index in [0.29, 0.717) is 17.4 Å². The van der Waals surface area contributed by atoms with Crippen LogP contribution in [0.5, 0.6) is 5.75 Å². The Hall–Kier alpha value is -2.24. The third kappa shape index (κ3) is 3.65. The molecule has 0 saturated carbocycles. The number of aliphatic carboxylic acids is 1. The maximum Gasteiger partial charge on any atom is 0.387 e. The second-order valence-electron chi connectivity index (χ2n) is 3.39. The Labute approximate surface area is 101 Å². The zero-order valence-electron chi connectivity index (χ0n) is 9.39. The fourth-order valence-corrected chi connectivity index (χ4v) is 1.36. The first-order chi connectivity index (χ1) is 8.43. The Kier molecular flexibility index (Phi) is 4.53. The maximum atomic E-state index is 12.1. The van der Waals surface area contributed by atoms with Crippen molar-refractivity contribution in [2.45, 2.75) is 13.5 Å². The molecule has 0 aromatic heterocycles. The van der Waals surface area contributed by atoms with Crippen LogP contribution >= 0.6 is 0 Å². The second kappa shape index (κ2) is 5.90. The van der Waals surface area contributed by atoms with Crippen LogP contribution in [0.25, 0.3) is 6.08 Å². The molecule has 1 aromatic carbocycles. The Morgan fingerprint density at radius 3 is 2.50 bits per heavy atom. The van der Waals surface area contributed by atoms with Crippen LogP contribution in [0.2, 0.25) is 0 Å². The molecule has 0 amide bonds. The summed E-state index contributed by atoms with van der Waals surface area (Å²) in [6, 6.07) is 2.42. The first-order valence-corrected chi connectivity index (χ1v) is 4.89. The largest absolute Gasteiger partial charge is 0.478 e. The molecule has 0 unspecified atom stereocenters. The number of hydrogen-bond donors (Lipinski definition) is 1. The molecular weight excluding hydrogens is 246 g/mol. The zero-order valence-corrected chi connectivity index (χ0v) is 9.39. The highest BCUT2D eigenvalue weighted by Crippen LogP contribution is 2.23. The van der Waals surface area contributed by atoms with Crippen molar-refractivity contribution in [1.82, 2.24) is 0 Å². The summed E-state index contributed by atoms with van der Waals surface area (Å²) < 4.78 is 28.3. The van der Waals surface area contributed by atoms with Gasteiger partial charge in [0.05, 0.1) is 0 Å². The number of hydrogen-bond acceptors (Lipinski definition) is 3. The number of benzene rings is 1. The molecule has 0 saturated heterocycles. The third-order valence-electron chi connectivity index (χ3n) is 2.22. The van der Waals surface area contributed by atoms with Gasteiger partial charge in [0.25, 0.3) is 0 Å². The van der Waals surface area contributed by atoms with E-state index in [1.54, 1.807) is 6.92 Å². The van der Waals surface area contributed by atoms with Gasteiger partial charge in [-0.25, -0.2) is 4.79 Å². The van der Waals surface area contributed by atoms with Gasteiger partial charge in [-0.05, 0) is 36.3 Å². The van der Waals surface area contributed by atoms with E-state index in [1.807, 2.05) is 0 Å². The molecular formula is C12H10F2O4. The topological polar surface area (TPSA) is 63.6 Å². The Balaban J connectivity index is 3.22. The number of carbonyl (C=O) groups excluding carboxylic acids is 1. The van der Waals surface area contributed by atoms with E-state index < -0.39 is 12.6 Å². The van der Waals surface area contributed by atoms with Crippen molar-refractivity contribution in [3.05, 3.63) is 34.9 Å². The number of carbonyl (C=O) groups is 2. The number of ether oxygens (including phenoxy) is 1. The highest BCUT2D eigenvalue weighted by atomic mass is 19.3. The first kappa shape index (κ1) is 13.8. The van der Waals surface area contributed by atoms with Crippen molar-refractivity contribution in [2.24, 2.45) is 0 Å². The van der Waals surface area contributed by atoms with Crippen molar-refractivity contribution in [1.29, 1.82) is 0 Å². The molecule has 0 aliphatic heterocycles. The van der Waals surface area contributed by atoms with E-state index >= 15 is 0 Å². The van der Waals surface area contributed by atoms with E-state index in [4.69, 9.17) is 5.11 Å². The lowest BCUT2D eigenvalue weighted by molar-refractivity contribution is -0.131. The fourth-order valence-electron chi connectivity index (χ4n) is 1.36. The normalized spacial score (nSPS) is 10.9. The van der Waals surface area contributed by atoms with E-state index in [0.717, 1.165) is 6.08 Å². The van der Waals surface area contributed by atoms with Crippen molar-refractivity contribution in [3.8, 4) is 5.75 Å². The lowest BCUT2D eigenvalue weighted by Gasteiger charge is -2.09. The van der Waals surface area contributed by atoms with E-state index in [2.05, 4.69) is 4.74 Å². The maximum absolute atomic E-state index is 12.1. The lowest BCUT2D eigenvalue weighted by Crippen LogP contribution is -2.03. The molecule has 18 heavy (non-hydrogen) atoms. The molecule has 1 aromatic rings. The van der Waals surface area contributed by atoms with E-state index in [9.17, 15) is 18.4 Å². The fraction of sp³-hybridized carbons (Fsp3) is 0.167. The summed E-state index contributed by atoms with van der Waals surface area (Å²) in [6.07, 6.45) is 2.55. The predicted molar refractivity (Wildman–Crippen MR) is 59.9 cm³/mol. The van der Waals surface area contributed by atoms with Crippen molar-refractivity contribution in [2.75, 3.05) is 0 Å². The molecule has 1 rings (SSSR count). The minimum absolute atomic E-state index is 0.165. The minimum atomic E-state index is -3.01. The van der Waals surface area contributed by atoms with Crippen LogP contribution in [0.1, 0.15) is 21.5 Å². The van der Waals surface area contributed by atoms with Gasteiger partial charge in [-0.15, -0.1) is 0 Å². The summed E-state index contributed by atoms with van der Waals surface area (Å²) in [5.41, 5.74) is 0.986. The number of carboxylic acid groups (broad SMARTS) is 1. The summed E-state index contributed by atoms with van der Waals surface area (Å²) in [5.74, 6) is -1.37. The molecule has 0 fully saturated rings. The molecule has 96 valence electrons. The monoisotopic (exact) mass is 256 g/mol. The van der Waals surface area contributed by atoms with Crippen molar-refractivity contribution < 1.29 is 28.2 Å². The first-order valence-electron chi connectivity index (χ1n) is 4.89. The van der Waals surface area contributed by atoms with Gasteiger partial charge in [0.1, 0.15) is 12.0 Å². The molecule has 0 spiro atoms. The summed E-state index contributed by atoms with van der Waals surface area (Å²) in [7, 11) is 0. The molecule has 6 heteroatoms. The standard InChI is InChI=1S/C12H10F2O4/c1-7-8(2-3-11(16)17)4-10(18-12(13)14)5-9(7)6-15/h2-6,12H,1H3,(H,16,17)/b3-2+. The Morgan fingerprint density at radius 1 is 1.39 bits per heavy atom. The average Bonchev–Trinajstić information content (AvgIpc) is 2.28. The van der Waals surface area contributed by atoms with Gasteiger partial charge >= 0.3 is 12.6 Å². The number of rotatable bonds is 5. The molecule has 0 aliphatic carbocycles. The summed E-state index contributed by atoms with van der Waals surface area (Å²) in [5, 5.41) is 8.50. The lowest BCUT2D eigenvalue weighted by atomic mass is 10.0. The van der Waals surface area contributed by atoms with Crippen molar-refractivity contribution >= 4 is 18.3 Å². The van der Waals surface area contributed by atoms with Gasteiger partial charge in [0.2, 0.25) is 0 Å². The highest BCUT2D eigenvalue weighted by Gasteiger charge is 2.10. The molecule has 0 radical (unpaired) electrons. The van der Waals surface area contributed by atoms with Crippen LogP contribution in [-0.4, -0.2) is 24.0 Å². The molecule has 1 N–H and O–H groups in total. The van der Waals surface area contributed by atoms with Crippen LogP contribution < -0.4 is 4.74 Å². The van der Waals surface area contributed by atoms with Crippen LogP contribution in [0.3, 0.4) is 0 Å². The Morgan fingerprint density at radius 2 is 2.00 bits per heavy atom. The van der Waals surface area contributed by atoms with E-state index in [1.165, 1.54) is 18.2 Å². The number of halogens is 2. The quantitative estimate of drug-likeness (QED) is 0.649. The molecule has 4 nitrogen and oxygen atoms in total. The number of aldehydes is 1. The van der Waals surface area contributed by atoms with Crippen LogP contribution in [0.15, 0.2) is 18.2 Å². The number of alkyl halides is 2. The summed E-state index contributed by atoms with van der Waals surface area (Å²) in [4.78, 5) is 21.2. The van der Waals surface area contributed by atoms with Crippen LogP contribution in [-0.2, 0) is 4.79 Å². The SMILES string of the molecule is Cc1c(C=O)cc(OC(F)F)cc1/C=C/C(=O)O. The van der Waals surface area contributed by atoms with Gasteiger partial charge < -0.3 is 9.84 Å². The zero-order chi connectivity index (χ0) is 13.7. The molecule has 0 bridgehead atoms. The van der Waals surface area contributed by atoms with Gasteiger partial charge in [-0.3, -0.25) is 4.79 Å². The highest BCUT2D eigenvalue weighted by molar-refractivity contribution is 5.87. The average molecular weight is 256 g/mol. The second-order valence-corrected chi connectivity index (χ2v) is 3.39. The number of carboxylic acids is 1. The van der Waals surface area contributed by atoms with Crippen molar-refractivity contribution in [3.63, 3.8) is 0 Å².